The smallest absolute Gasteiger partial charge is 0.188 e. The van der Waals surface area contributed by atoms with Crippen LogP contribution in [0, 0.1) is 29.9 Å². The van der Waals surface area contributed by atoms with Gasteiger partial charge in [-0.3, -0.25) is 0 Å². The van der Waals surface area contributed by atoms with Gasteiger partial charge in [-0.05, 0) is 44.9 Å². The third-order valence-electron chi connectivity index (χ3n) is 6.54. The lowest BCUT2D eigenvalue weighted by Crippen LogP contribution is -2.15. The quantitative estimate of drug-likeness (QED) is 0.304. The summed E-state index contributed by atoms with van der Waals surface area (Å²) in [7, 11) is -2.58. The number of hydrogen-bond acceptors (Lipinski definition) is 7. The summed E-state index contributed by atoms with van der Waals surface area (Å²) in [6, 6.07) is 6.75. The van der Waals surface area contributed by atoms with E-state index in [2.05, 4.69) is 25.3 Å². The van der Waals surface area contributed by atoms with Crippen molar-refractivity contribution in [3.05, 3.63) is 70.1 Å². The van der Waals surface area contributed by atoms with Gasteiger partial charge < -0.3 is 9.88 Å². The lowest BCUT2D eigenvalue weighted by atomic mass is 10.0. The van der Waals surface area contributed by atoms with Crippen LogP contribution in [0.3, 0.4) is 0 Å². The summed E-state index contributed by atoms with van der Waals surface area (Å²) in [5.41, 5.74) is 2.54. The molecule has 4 aromatic rings. The van der Waals surface area contributed by atoms with E-state index in [1.54, 1.807) is 13.8 Å². The zero-order valence-electron chi connectivity index (χ0n) is 20.1. The van der Waals surface area contributed by atoms with Gasteiger partial charge in [-0.15, -0.1) is 0 Å². The van der Waals surface area contributed by atoms with E-state index < -0.39 is 24.8 Å². The second-order valence-electron chi connectivity index (χ2n) is 9.10. The van der Waals surface area contributed by atoms with Crippen molar-refractivity contribution in [2.75, 3.05) is 17.6 Å². The first kappa shape index (κ1) is 25.2. The number of rotatable bonds is 5. The molecule has 1 aliphatic rings. The van der Waals surface area contributed by atoms with Gasteiger partial charge in [-0.1, -0.05) is 11.6 Å². The van der Waals surface area contributed by atoms with Crippen molar-refractivity contribution in [2.45, 2.75) is 32.7 Å². The molecule has 1 aromatic carbocycles. The Labute approximate surface area is 217 Å². The minimum absolute atomic E-state index is 0.0150. The van der Waals surface area contributed by atoms with Crippen LogP contribution < -0.4 is 10.9 Å². The number of aromatic nitrogens is 4. The average molecular weight is 539 g/mol. The fourth-order valence-corrected chi connectivity index (χ4v) is 7.35. The van der Waals surface area contributed by atoms with Gasteiger partial charge in [-0.2, -0.15) is 5.26 Å². The molecule has 11 heteroatoms. The lowest BCUT2D eigenvalue weighted by Gasteiger charge is -2.20. The summed E-state index contributed by atoms with van der Waals surface area (Å²) < 4.78 is 42.7. The maximum atomic E-state index is 15.2. The molecule has 1 aliphatic heterocycles. The topological polar surface area (TPSA) is 104 Å². The Morgan fingerprint density at radius 2 is 1.81 bits per heavy atom. The van der Waals surface area contributed by atoms with E-state index in [-0.39, 0.29) is 27.3 Å². The number of fused-ring (bicyclic) bond motifs is 1. The molecule has 0 bridgehead atoms. The maximum Gasteiger partial charge on any atom is 0.188 e. The van der Waals surface area contributed by atoms with Crippen molar-refractivity contribution in [1.82, 2.24) is 19.9 Å². The maximum absolute atomic E-state index is 15.2. The first-order valence-corrected chi connectivity index (χ1v) is 14.2. The molecule has 1 atom stereocenters. The molecule has 0 aliphatic carbocycles. The minimum atomic E-state index is -2.58. The number of benzene rings is 1. The molecule has 188 valence electrons. The summed E-state index contributed by atoms with van der Waals surface area (Å²) in [6.07, 6.45) is 5.80. The van der Waals surface area contributed by atoms with Gasteiger partial charge >= 0.3 is 0 Å². The molecule has 0 amide bonds. The molecule has 4 heterocycles. The number of pyridine rings is 2. The van der Waals surface area contributed by atoms with Crippen molar-refractivity contribution in [3.8, 4) is 17.3 Å². The first-order valence-electron chi connectivity index (χ1n) is 11.7. The summed E-state index contributed by atoms with van der Waals surface area (Å²) in [4.78, 5) is 17.5. The summed E-state index contributed by atoms with van der Waals surface area (Å²) >= 11 is 6.59. The number of aryl methyl sites for hydroxylation is 1. The van der Waals surface area contributed by atoms with Gasteiger partial charge in [0.15, 0.2) is 18.5 Å². The molecule has 1 fully saturated rings. The van der Waals surface area contributed by atoms with Crippen molar-refractivity contribution in [2.24, 2.45) is 0 Å². The third-order valence-corrected chi connectivity index (χ3v) is 10.0. The molecule has 5 rings (SSSR count). The average Bonchev–Trinajstić information content (AvgIpc) is 3.34. The second-order valence-corrected chi connectivity index (χ2v) is 12.6. The summed E-state index contributed by atoms with van der Waals surface area (Å²) in [5, 5.41) is 12.6. The van der Waals surface area contributed by atoms with Crippen LogP contribution >= 0.6 is 18.7 Å². The van der Waals surface area contributed by atoms with Gasteiger partial charge in [0.1, 0.15) is 17.0 Å². The predicted molar refractivity (Wildman–Crippen MR) is 140 cm³/mol. The van der Waals surface area contributed by atoms with Crippen molar-refractivity contribution in [3.63, 3.8) is 0 Å². The molecular formula is C26H22ClF2N6OP. The minimum Gasteiger partial charge on any atom is -0.375 e. The molecule has 0 saturated carbocycles. The first-order chi connectivity index (χ1) is 17.7. The van der Waals surface area contributed by atoms with Crippen molar-refractivity contribution < 1.29 is 13.3 Å². The van der Waals surface area contributed by atoms with Gasteiger partial charge in [0, 0.05) is 41.9 Å². The second kappa shape index (κ2) is 9.77. The van der Waals surface area contributed by atoms with Gasteiger partial charge in [0.2, 0.25) is 0 Å². The van der Waals surface area contributed by atoms with E-state index in [0.717, 1.165) is 12.8 Å². The van der Waals surface area contributed by atoms with Gasteiger partial charge in [0.05, 0.1) is 39.6 Å². The Balaban J connectivity index is 1.58. The van der Waals surface area contributed by atoms with E-state index in [1.807, 2.05) is 6.07 Å². The Hall–Kier alpha value is -3.47. The standard InChI is InChI=1S/C26H22ClF2N6OP/c1-14(18-9-16(11-30)5-6-19(18)28)34-25-22(27)15(2)33-21-10-20(29)23(35-24(21)25)17-12-31-26(32-13-17)37(36)7-3-4-8-37/h5-6,9-10,12-14H,3-4,7-8H2,1-2H3,(H,33,34). The predicted octanol–water partition coefficient (Wildman–Crippen LogP) is 6.15. The summed E-state index contributed by atoms with van der Waals surface area (Å²) in [6.45, 7) is 3.40. The highest BCUT2D eigenvalue weighted by atomic mass is 35.5. The van der Waals surface area contributed by atoms with Crippen molar-refractivity contribution >= 4 is 41.0 Å². The van der Waals surface area contributed by atoms with Crippen molar-refractivity contribution in [1.29, 1.82) is 5.26 Å². The third kappa shape index (κ3) is 4.68. The van der Waals surface area contributed by atoms with E-state index >= 15 is 4.39 Å². The fourth-order valence-electron chi connectivity index (χ4n) is 4.54. The highest BCUT2D eigenvalue weighted by molar-refractivity contribution is 7.71. The lowest BCUT2D eigenvalue weighted by molar-refractivity contribution is 0.583. The van der Waals surface area contributed by atoms with Crippen LogP contribution in [0.5, 0.6) is 0 Å². The highest BCUT2D eigenvalue weighted by Gasteiger charge is 2.32. The van der Waals surface area contributed by atoms with E-state index in [9.17, 15) is 14.2 Å². The van der Waals surface area contributed by atoms with Crippen LogP contribution in [0.2, 0.25) is 5.02 Å². The highest BCUT2D eigenvalue weighted by Crippen LogP contribution is 2.49. The molecule has 7 nitrogen and oxygen atoms in total. The van der Waals surface area contributed by atoms with Crippen LogP contribution in [0.4, 0.5) is 14.5 Å². The molecule has 37 heavy (non-hydrogen) atoms. The van der Waals surface area contributed by atoms with Crippen LogP contribution in [0.1, 0.15) is 42.6 Å². The van der Waals surface area contributed by atoms with Gasteiger partial charge in [0.25, 0.3) is 0 Å². The number of nitrogens with zero attached hydrogens (tertiary/aromatic N) is 5. The number of nitriles is 1. The zero-order chi connectivity index (χ0) is 26.3. The molecular weight excluding hydrogens is 517 g/mol. The number of nitrogens with one attached hydrogen (secondary N) is 1. The van der Waals surface area contributed by atoms with E-state index in [1.165, 1.54) is 36.7 Å². The van der Waals surface area contributed by atoms with Crippen LogP contribution in [-0.4, -0.2) is 32.3 Å². The molecule has 1 unspecified atom stereocenters. The molecule has 1 saturated heterocycles. The number of anilines is 1. The summed E-state index contributed by atoms with van der Waals surface area (Å²) in [5.74, 6) is -1.11. The SMILES string of the molecule is Cc1nc2cc(F)c(-c3cnc(P4(=O)CCCC4)nc3)nc2c(NC(C)c2cc(C#N)ccc2F)c1Cl. The molecule has 3 aromatic heterocycles. The Morgan fingerprint density at radius 1 is 1.11 bits per heavy atom. The van der Waals surface area contributed by atoms with E-state index in [0.29, 0.717) is 40.4 Å². The Bertz CT molecular complexity index is 1610. The zero-order valence-corrected chi connectivity index (χ0v) is 21.7. The Kier molecular flexibility index (Phi) is 6.65. The Morgan fingerprint density at radius 3 is 2.49 bits per heavy atom. The molecule has 1 N–H and O–H groups in total. The van der Waals surface area contributed by atoms with Crippen LogP contribution in [-0.2, 0) is 4.57 Å². The van der Waals surface area contributed by atoms with Crippen LogP contribution in [0.15, 0.2) is 36.7 Å². The van der Waals surface area contributed by atoms with Gasteiger partial charge in [-0.25, -0.2) is 28.7 Å². The number of halogens is 3. The van der Waals surface area contributed by atoms with E-state index in [4.69, 9.17) is 11.6 Å². The van der Waals surface area contributed by atoms with Crippen LogP contribution in [0.25, 0.3) is 22.3 Å². The fraction of sp³-hybridized carbons (Fsp3) is 0.269. The number of hydrogen-bond donors (Lipinski definition) is 1. The molecule has 0 spiro atoms. The molecule has 0 radical (unpaired) electrons. The monoisotopic (exact) mass is 538 g/mol. The normalized spacial score (nSPS) is 15.5. The largest absolute Gasteiger partial charge is 0.375 e.